The molecular formula is C26H38BN3O7S. The van der Waals surface area contributed by atoms with Crippen molar-refractivity contribution in [2.24, 2.45) is 11.1 Å². The predicted molar refractivity (Wildman–Crippen MR) is 145 cm³/mol. The van der Waals surface area contributed by atoms with Gasteiger partial charge in [-0.3, -0.25) is 14.1 Å². The normalized spacial score (nSPS) is 15.1. The van der Waals surface area contributed by atoms with E-state index in [1.807, 2.05) is 18.2 Å². The lowest BCUT2D eigenvalue weighted by Crippen LogP contribution is -2.55. The van der Waals surface area contributed by atoms with Crippen LogP contribution in [0, 0.1) is 5.41 Å². The minimum Gasteiger partial charge on any atom is -0.426 e. The molecule has 208 valence electrons. The van der Waals surface area contributed by atoms with Gasteiger partial charge in [-0.05, 0) is 62.8 Å². The molecule has 1 aliphatic rings. The van der Waals surface area contributed by atoms with E-state index in [1.165, 1.54) is 17.7 Å². The second-order valence-electron chi connectivity index (χ2n) is 9.35. The van der Waals surface area contributed by atoms with Gasteiger partial charge in [0, 0.05) is 6.54 Å². The highest BCUT2D eigenvalue weighted by Gasteiger charge is 2.48. The van der Waals surface area contributed by atoms with E-state index in [9.17, 15) is 28.1 Å². The summed E-state index contributed by atoms with van der Waals surface area (Å²) in [6, 6.07) is 17.5. The molecule has 3 rings (SSSR count). The van der Waals surface area contributed by atoms with E-state index >= 15 is 0 Å². The largest absolute Gasteiger partial charge is 0.475 e. The fraction of sp³-hybridized carbons (Fsp3) is 0.462. The minimum atomic E-state index is -4.00. The summed E-state index contributed by atoms with van der Waals surface area (Å²) in [5, 5.41) is 24.7. The minimum absolute atomic E-state index is 0.0741. The molecule has 0 bridgehead atoms. The van der Waals surface area contributed by atoms with Crippen LogP contribution >= 0.6 is 0 Å². The van der Waals surface area contributed by atoms with Crippen molar-refractivity contribution in [3.05, 3.63) is 66.2 Å². The van der Waals surface area contributed by atoms with E-state index in [4.69, 9.17) is 10.3 Å². The van der Waals surface area contributed by atoms with Crippen molar-refractivity contribution in [1.82, 2.24) is 10.6 Å². The monoisotopic (exact) mass is 547 g/mol. The molecule has 0 heterocycles. The number of carbonyl (C=O) groups excluding carboxylic acids is 2. The lowest BCUT2D eigenvalue weighted by atomic mass is 9.75. The average Bonchev–Trinajstić information content (AvgIpc) is 3.41. The van der Waals surface area contributed by atoms with Gasteiger partial charge in [-0.25, -0.2) is 0 Å². The van der Waals surface area contributed by atoms with E-state index in [1.54, 1.807) is 18.2 Å². The van der Waals surface area contributed by atoms with E-state index in [0.717, 1.165) is 25.7 Å². The molecule has 12 heteroatoms. The van der Waals surface area contributed by atoms with Crippen LogP contribution in [0.3, 0.4) is 0 Å². The third kappa shape index (κ3) is 9.84. The van der Waals surface area contributed by atoms with Gasteiger partial charge in [-0.15, -0.1) is 0 Å². The van der Waals surface area contributed by atoms with Crippen molar-refractivity contribution in [2.75, 3.05) is 13.1 Å². The van der Waals surface area contributed by atoms with Gasteiger partial charge in [0.15, 0.2) is 0 Å². The Morgan fingerprint density at radius 3 is 2.03 bits per heavy atom. The zero-order valence-corrected chi connectivity index (χ0v) is 22.3. The van der Waals surface area contributed by atoms with Gasteiger partial charge in [-0.2, -0.15) is 8.42 Å². The fourth-order valence-electron chi connectivity index (χ4n) is 4.38. The smallest absolute Gasteiger partial charge is 0.426 e. The van der Waals surface area contributed by atoms with Gasteiger partial charge in [0.25, 0.3) is 10.1 Å². The van der Waals surface area contributed by atoms with Crippen LogP contribution in [0.25, 0.3) is 0 Å². The molecule has 0 aromatic heterocycles. The lowest BCUT2D eigenvalue weighted by molar-refractivity contribution is -0.143. The van der Waals surface area contributed by atoms with E-state index in [0.29, 0.717) is 38.8 Å². The quantitative estimate of drug-likeness (QED) is 0.100. The second kappa shape index (κ2) is 15.6. The van der Waals surface area contributed by atoms with Crippen molar-refractivity contribution >= 4 is 29.1 Å². The molecule has 2 amide bonds. The Balaban J connectivity index is 0.000000423. The zero-order valence-electron chi connectivity index (χ0n) is 21.5. The van der Waals surface area contributed by atoms with Crippen LogP contribution in [-0.4, -0.2) is 61.0 Å². The number of aryl methyl sites for hydroxylation is 1. The maximum atomic E-state index is 12.9. The molecule has 0 aliphatic heterocycles. The van der Waals surface area contributed by atoms with E-state index < -0.39 is 34.5 Å². The highest BCUT2D eigenvalue weighted by molar-refractivity contribution is 7.85. The Kier molecular flexibility index (Phi) is 12.9. The molecule has 0 saturated heterocycles. The van der Waals surface area contributed by atoms with Gasteiger partial charge in [0.1, 0.15) is 5.41 Å². The molecule has 1 atom stereocenters. The van der Waals surface area contributed by atoms with Gasteiger partial charge >= 0.3 is 7.12 Å². The highest BCUT2D eigenvalue weighted by atomic mass is 32.2. The molecule has 38 heavy (non-hydrogen) atoms. The molecule has 1 unspecified atom stereocenters. The Hall–Kier alpha value is -2.77. The number of hydrogen-bond donors (Lipinski definition) is 6. The molecule has 2 aromatic carbocycles. The standard InChI is InChI=1S/C20H32BN3O4.C6H6O3S/c22-14-6-11-17(21(27)28)24-19(26)20(12-4-5-13-20)18(25)23-15-7-10-16-8-2-1-3-9-16;7-10(8,9)6-4-2-1-3-5-6/h1-3,8-9,17,27-28H,4-7,10-15,22H2,(H,23,25)(H,24,26);1-5H,(H,7,8,9). The molecule has 1 saturated carbocycles. The first kappa shape index (κ1) is 31.5. The molecule has 0 radical (unpaired) electrons. The van der Waals surface area contributed by atoms with Crippen LogP contribution in [0.2, 0.25) is 0 Å². The lowest BCUT2D eigenvalue weighted by Gasteiger charge is -2.29. The van der Waals surface area contributed by atoms with Crippen molar-refractivity contribution in [3.63, 3.8) is 0 Å². The number of benzene rings is 2. The summed E-state index contributed by atoms with van der Waals surface area (Å²) in [6.45, 7) is 0.897. The summed E-state index contributed by atoms with van der Waals surface area (Å²) in [5.74, 6) is -1.50. The molecular weight excluding hydrogens is 509 g/mol. The van der Waals surface area contributed by atoms with Gasteiger partial charge in [-0.1, -0.05) is 61.4 Å². The van der Waals surface area contributed by atoms with Crippen LogP contribution in [0.1, 0.15) is 50.5 Å². The fourth-order valence-corrected chi connectivity index (χ4v) is 4.88. The Labute approximate surface area is 224 Å². The number of hydrogen-bond acceptors (Lipinski definition) is 7. The predicted octanol–water partition coefficient (Wildman–Crippen LogP) is 1.46. The highest BCUT2D eigenvalue weighted by Crippen LogP contribution is 2.39. The average molecular weight is 547 g/mol. The third-order valence-electron chi connectivity index (χ3n) is 6.53. The maximum Gasteiger partial charge on any atom is 0.475 e. The van der Waals surface area contributed by atoms with Crippen molar-refractivity contribution in [1.29, 1.82) is 0 Å². The summed E-state index contributed by atoms with van der Waals surface area (Å²) >= 11 is 0. The molecule has 1 aliphatic carbocycles. The summed E-state index contributed by atoms with van der Waals surface area (Å²) in [6.07, 6.45) is 5.14. The Morgan fingerprint density at radius 2 is 1.53 bits per heavy atom. The summed E-state index contributed by atoms with van der Waals surface area (Å²) < 4.78 is 29.2. The molecule has 7 N–H and O–H groups in total. The van der Waals surface area contributed by atoms with Crippen LogP contribution in [-0.2, 0) is 26.1 Å². The Bertz CT molecular complexity index is 1100. The third-order valence-corrected chi connectivity index (χ3v) is 7.40. The van der Waals surface area contributed by atoms with Crippen LogP contribution in [0.5, 0.6) is 0 Å². The van der Waals surface area contributed by atoms with Crippen LogP contribution < -0.4 is 16.4 Å². The van der Waals surface area contributed by atoms with Gasteiger partial charge in [0.05, 0.1) is 10.8 Å². The molecule has 10 nitrogen and oxygen atoms in total. The number of amides is 2. The van der Waals surface area contributed by atoms with Crippen molar-refractivity contribution < 1.29 is 32.6 Å². The number of carbonyl (C=O) groups is 2. The topological polar surface area (TPSA) is 179 Å². The maximum absolute atomic E-state index is 12.9. The van der Waals surface area contributed by atoms with Gasteiger partial charge < -0.3 is 26.4 Å². The second-order valence-corrected chi connectivity index (χ2v) is 10.8. The van der Waals surface area contributed by atoms with Crippen LogP contribution in [0.15, 0.2) is 65.6 Å². The van der Waals surface area contributed by atoms with Crippen molar-refractivity contribution in [2.45, 2.75) is 62.2 Å². The van der Waals surface area contributed by atoms with E-state index in [-0.39, 0.29) is 10.8 Å². The van der Waals surface area contributed by atoms with E-state index in [2.05, 4.69) is 22.8 Å². The first-order valence-electron chi connectivity index (χ1n) is 12.8. The molecule has 0 spiro atoms. The SMILES string of the molecule is NCCCC(NC(=O)C1(C(=O)NCCCc2ccccc2)CCCC1)B(O)O.O=S(=O)(O)c1ccccc1. The molecule has 1 fully saturated rings. The van der Waals surface area contributed by atoms with Gasteiger partial charge in [0.2, 0.25) is 11.8 Å². The number of nitrogens with two attached hydrogens (primary N) is 1. The number of rotatable bonds is 12. The summed E-state index contributed by atoms with van der Waals surface area (Å²) in [5.41, 5.74) is 5.56. The van der Waals surface area contributed by atoms with Crippen LogP contribution in [0.4, 0.5) is 0 Å². The van der Waals surface area contributed by atoms with Crippen molar-refractivity contribution in [3.8, 4) is 0 Å². The number of nitrogens with one attached hydrogen (secondary N) is 2. The first-order chi connectivity index (χ1) is 18.1. The molecule has 2 aromatic rings. The summed E-state index contributed by atoms with van der Waals surface area (Å²) in [7, 11) is -5.68. The first-order valence-corrected chi connectivity index (χ1v) is 14.3. The Morgan fingerprint density at radius 1 is 0.947 bits per heavy atom. The zero-order chi connectivity index (χ0) is 28.0. The summed E-state index contributed by atoms with van der Waals surface area (Å²) in [4.78, 5) is 25.7.